The van der Waals surface area contributed by atoms with Crippen molar-refractivity contribution in [2.75, 3.05) is 18.8 Å². The fourth-order valence-electron chi connectivity index (χ4n) is 3.21. The third kappa shape index (κ3) is 7.69. The summed E-state index contributed by atoms with van der Waals surface area (Å²) in [5, 5.41) is 3.66. The maximum atomic E-state index is 13.1. The zero-order chi connectivity index (χ0) is 21.8. The Hall–Kier alpha value is -1.98. The first-order valence-corrected chi connectivity index (χ1v) is 12.0. The molecule has 0 unspecified atom stereocenters. The van der Waals surface area contributed by atoms with Crippen LogP contribution in [-0.2, 0) is 21.8 Å². The molecule has 0 aliphatic heterocycles. The second-order valence-electron chi connectivity index (χ2n) is 7.12. The Balaban J connectivity index is 2.04. The van der Waals surface area contributed by atoms with Crippen molar-refractivity contribution in [2.45, 2.75) is 44.9 Å². The van der Waals surface area contributed by atoms with E-state index in [1.54, 1.807) is 4.90 Å². The van der Waals surface area contributed by atoms with Crippen LogP contribution in [0.2, 0.25) is 5.02 Å². The Morgan fingerprint density at radius 1 is 1.07 bits per heavy atom. The smallest absolute Gasteiger partial charge is 0.242 e. The van der Waals surface area contributed by atoms with Crippen LogP contribution in [0.15, 0.2) is 54.6 Å². The number of hydrogen-bond donors (Lipinski definition) is 1. The molecule has 0 saturated carbocycles. The lowest BCUT2D eigenvalue weighted by atomic mass is 10.1. The van der Waals surface area contributed by atoms with Gasteiger partial charge >= 0.3 is 0 Å². The van der Waals surface area contributed by atoms with Crippen LogP contribution in [0.3, 0.4) is 0 Å². The molecule has 0 radical (unpaired) electrons. The van der Waals surface area contributed by atoms with Crippen LogP contribution in [0.1, 0.15) is 37.8 Å². The number of benzene rings is 2. The molecule has 4 nitrogen and oxygen atoms in total. The summed E-state index contributed by atoms with van der Waals surface area (Å²) in [6, 6.07) is 17.3. The molecule has 0 aliphatic carbocycles. The van der Waals surface area contributed by atoms with Crippen molar-refractivity contribution < 1.29 is 9.59 Å². The monoisotopic (exact) mass is 446 g/mol. The molecule has 30 heavy (non-hydrogen) atoms. The van der Waals surface area contributed by atoms with Crippen molar-refractivity contribution in [2.24, 2.45) is 0 Å². The molecule has 2 aromatic carbocycles. The Kier molecular flexibility index (Phi) is 10.8. The van der Waals surface area contributed by atoms with Crippen LogP contribution in [0.25, 0.3) is 0 Å². The fourth-order valence-corrected chi connectivity index (χ4v) is 4.40. The second-order valence-corrected chi connectivity index (χ2v) is 8.51. The van der Waals surface area contributed by atoms with Gasteiger partial charge in [-0.05, 0) is 36.5 Å². The summed E-state index contributed by atoms with van der Waals surface area (Å²) in [5.41, 5.74) is 2.17. The lowest BCUT2D eigenvalue weighted by molar-refractivity contribution is -0.138. The summed E-state index contributed by atoms with van der Waals surface area (Å²) in [4.78, 5) is 27.6. The zero-order valence-electron chi connectivity index (χ0n) is 17.8. The van der Waals surface area contributed by atoms with Gasteiger partial charge in [0.05, 0.1) is 5.75 Å². The summed E-state index contributed by atoms with van der Waals surface area (Å²) >= 11 is 7.75. The number of thioether (sulfide) groups is 1. The minimum atomic E-state index is -0.450. The van der Waals surface area contributed by atoms with Crippen molar-refractivity contribution in [1.82, 2.24) is 10.2 Å². The van der Waals surface area contributed by atoms with Gasteiger partial charge in [-0.25, -0.2) is 0 Å². The molecule has 0 heterocycles. The van der Waals surface area contributed by atoms with Gasteiger partial charge in [0.15, 0.2) is 0 Å². The minimum Gasteiger partial charge on any atom is -0.354 e. The Labute approximate surface area is 189 Å². The van der Waals surface area contributed by atoms with E-state index in [1.165, 1.54) is 11.8 Å². The first-order chi connectivity index (χ1) is 14.6. The number of nitrogens with zero attached hydrogens (tertiary/aromatic N) is 1. The maximum absolute atomic E-state index is 13.1. The normalized spacial score (nSPS) is 11.7. The maximum Gasteiger partial charge on any atom is 0.242 e. The first-order valence-electron chi connectivity index (χ1n) is 10.5. The van der Waals surface area contributed by atoms with Crippen LogP contribution in [-0.4, -0.2) is 41.6 Å². The largest absolute Gasteiger partial charge is 0.354 e. The fraction of sp³-hybridized carbons (Fsp3) is 0.417. The van der Waals surface area contributed by atoms with Crippen molar-refractivity contribution in [3.05, 3.63) is 70.7 Å². The third-order valence-electron chi connectivity index (χ3n) is 4.86. The highest BCUT2D eigenvalue weighted by Crippen LogP contribution is 2.21. The van der Waals surface area contributed by atoms with Gasteiger partial charge < -0.3 is 10.2 Å². The Morgan fingerprint density at radius 2 is 1.77 bits per heavy atom. The molecule has 1 atom stereocenters. The van der Waals surface area contributed by atoms with Crippen LogP contribution in [0, 0.1) is 0 Å². The van der Waals surface area contributed by atoms with Gasteiger partial charge in [-0.3, -0.25) is 9.59 Å². The molecular formula is C24H31ClN2O2S. The number of halogens is 1. The highest BCUT2D eigenvalue weighted by Gasteiger charge is 2.27. The second kappa shape index (κ2) is 13.3. The van der Waals surface area contributed by atoms with Gasteiger partial charge in [0, 0.05) is 23.9 Å². The topological polar surface area (TPSA) is 49.4 Å². The summed E-state index contributed by atoms with van der Waals surface area (Å²) in [6.45, 7) is 5.12. The number of rotatable bonds is 12. The Morgan fingerprint density at radius 3 is 2.43 bits per heavy atom. The average Bonchev–Trinajstić information content (AvgIpc) is 2.76. The van der Waals surface area contributed by atoms with Crippen molar-refractivity contribution in [3.63, 3.8) is 0 Å². The highest BCUT2D eigenvalue weighted by atomic mass is 35.5. The van der Waals surface area contributed by atoms with E-state index in [9.17, 15) is 9.59 Å². The molecule has 2 rings (SSSR count). The number of carbonyl (C=O) groups excluding carboxylic acids is 2. The number of hydrogen-bond acceptors (Lipinski definition) is 3. The van der Waals surface area contributed by atoms with Crippen LogP contribution < -0.4 is 5.32 Å². The molecule has 0 saturated heterocycles. The van der Waals surface area contributed by atoms with E-state index in [1.807, 2.05) is 68.4 Å². The van der Waals surface area contributed by atoms with Crippen molar-refractivity contribution in [3.8, 4) is 0 Å². The van der Waals surface area contributed by atoms with E-state index in [-0.39, 0.29) is 11.8 Å². The van der Waals surface area contributed by atoms with Crippen LogP contribution in [0.5, 0.6) is 0 Å². The molecule has 0 aromatic heterocycles. The lowest BCUT2D eigenvalue weighted by Gasteiger charge is -2.30. The van der Waals surface area contributed by atoms with Gasteiger partial charge in [-0.1, -0.05) is 74.0 Å². The van der Waals surface area contributed by atoms with E-state index < -0.39 is 6.04 Å². The zero-order valence-corrected chi connectivity index (χ0v) is 19.3. The molecule has 162 valence electrons. The van der Waals surface area contributed by atoms with E-state index in [0.29, 0.717) is 36.0 Å². The van der Waals surface area contributed by atoms with Crippen molar-refractivity contribution >= 4 is 35.2 Å². The van der Waals surface area contributed by atoms with Gasteiger partial charge in [0.2, 0.25) is 11.8 Å². The summed E-state index contributed by atoms with van der Waals surface area (Å²) < 4.78 is 0. The molecule has 0 spiro atoms. The summed E-state index contributed by atoms with van der Waals surface area (Å²) in [6.07, 6.45) is 2.18. The number of nitrogens with one attached hydrogen (secondary N) is 1. The molecule has 2 amide bonds. The highest BCUT2D eigenvalue weighted by molar-refractivity contribution is 7.99. The molecule has 2 aromatic rings. The predicted molar refractivity (Wildman–Crippen MR) is 127 cm³/mol. The number of amides is 2. The minimum absolute atomic E-state index is 0.0125. The van der Waals surface area contributed by atoms with Crippen LogP contribution >= 0.6 is 23.4 Å². The third-order valence-corrected chi connectivity index (χ3v) is 6.20. The van der Waals surface area contributed by atoms with Gasteiger partial charge in [0.1, 0.15) is 6.04 Å². The van der Waals surface area contributed by atoms with Gasteiger partial charge in [-0.15, -0.1) is 11.8 Å². The molecule has 0 fully saturated rings. The van der Waals surface area contributed by atoms with E-state index in [2.05, 4.69) is 5.32 Å². The SMILES string of the molecule is CCCNC(=O)[C@@H](CC)N(CCc1ccccc1)C(=O)CSCc1ccccc1Cl. The Bertz CT molecular complexity index is 801. The molecule has 0 bridgehead atoms. The van der Waals surface area contributed by atoms with E-state index >= 15 is 0 Å². The standard InChI is InChI=1S/C24H31ClN2O2S/c1-3-15-26-24(29)22(4-2)27(16-14-19-10-6-5-7-11-19)23(28)18-30-17-20-12-8-9-13-21(20)25/h5-13,22H,3-4,14-18H2,1-2H3,(H,26,29)/t22-/m1/s1. The van der Waals surface area contributed by atoms with Gasteiger partial charge in [-0.2, -0.15) is 0 Å². The molecule has 0 aliphatic rings. The van der Waals surface area contributed by atoms with E-state index in [4.69, 9.17) is 11.6 Å². The average molecular weight is 447 g/mol. The predicted octanol–water partition coefficient (Wildman–Crippen LogP) is 4.95. The molecule has 6 heteroatoms. The molecule has 1 N–H and O–H groups in total. The number of carbonyl (C=O) groups is 2. The van der Waals surface area contributed by atoms with Gasteiger partial charge in [0.25, 0.3) is 0 Å². The molecular weight excluding hydrogens is 416 g/mol. The van der Waals surface area contributed by atoms with E-state index in [0.717, 1.165) is 24.0 Å². The summed E-state index contributed by atoms with van der Waals surface area (Å²) in [5.74, 6) is 0.896. The first kappa shape index (κ1) is 24.3. The van der Waals surface area contributed by atoms with Crippen LogP contribution in [0.4, 0.5) is 0 Å². The lowest BCUT2D eigenvalue weighted by Crippen LogP contribution is -2.50. The summed E-state index contributed by atoms with van der Waals surface area (Å²) in [7, 11) is 0. The van der Waals surface area contributed by atoms with Crippen molar-refractivity contribution in [1.29, 1.82) is 0 Å². The quantitative estimate of drug-likeness (QED) is 0.501.